The number of rotatable bonds is 1. The molecule has 1 heterocycles. The summed E-state index contributed by atoms with van der Waals surface area (Å²) in [5.74, 6) is 0. The fourth-order valence-corrected chi connectivity index (χ4v) is 2.20. The molecule has 4 nitrogen and oxygen atoms in total. The van der Waals surface area contributed by atoms with Gasteiger partial charge in [0, 0.05) is 13.1 Å². The zero-order chi connectivity index (χ0) is 13.3. The van der Waals surface area contributed by atoms with Gasteiger partial charge in [-0.2, -0.15) is 0 Å². The number of carbonyl (C=O) groups is 1. The van der Waals surface area contributed by atoms with Crippen LogP contribution in [0.25, 0.3) is 0 Å². The van der Waals surface area contributed by atoms with Crippen LogP contribution in [0.15, 0.2) is 18.2 Å². The Hall–Kier alpha value is -1.55. The van der Waals surface area contributed by atoms with E-state index in [1.165, 1.54) is 5.56 Å². The van der Waals surface area contributed by atoms with Gasteiger partial charge in [0.15, 0.2) is 0 Å². The molecule has 2 N–H and O–H groups in total. The Bertz CT molecular complexity index is 463. The van der Waals surface area contributed by atoms with Gasteiger partial charge in [-0.15, -0.1) is 0 Å². The Morgan fingerprint density at radius 1 is 1.44 bits per heavy atom. The summed E-state index contributed by atoms with van der Waals surface area (Å²) in [6, 6.07) is 5.90. The van der Waals surface area contributed by atoms with Gasteiger partial charge in [-0.05, 0) is 44.4 Å². The van der Waals surface area contributed by atoms with E-state index in [0.29, 0.717) is 13.1 Å². The van der Waals surface area contributed by atoms with Crippen molar-refractivity contribution >= 4 is 11.8 Å². The summed E-state index contributed by atoms with van der Waals surface area (Å²) in [4.78, 5) is 13.8. The van der Waals surface area contributed by atoms with E-state index in [0.717, 1.165) is 17.7 Å². The molecule has 18 heavy (non-hydrogen) atoms. The topological polar surface area (TPSA) is 55.6 Å². The van der Waals surface area contributed by atoms with Gasteiger partial charge in [0.25, 0.3) is 0 Å². The van der Waals surface area contributed by atoms with Gasteiger partial charge in [-0.25, -0.2) is 4.79 Å². The van der Waals surface area contributed by atoms with Gasteiger partial charge < -0.3 is 10.5 Å². The third kappa shape index (κ3) is 2.48. The number of ether oxygens (including phenoxy) is 1. The minimum atomic E-state index is -0.467. The van der Waals surface area contributed by atoms with E-state index in [9.17, 15) is 4.79 Å². The molecule has 0 atom stereocenters. The second kappa shape index (κ2) is 4.61. The second-order valence-corrected chi connectivity index (χ2v) is 5.50. The van der Waals surface area contributed by atoms with Crippen molar-refractivity contribution in [1.29, 1.82) is 0 Å². The maximum Gasteiger partial charge on any atom is 0.414 e. The van der Waals surface area contributed by atoms with Crippen molar-refractivity contribution in [2.45, 2.75) is 39.3 Å². The van der Waals surface area contributed by atoms with Crippen LogP contribution in [0.2, 0.25) is 0 Å². The van der Waals surface area contributed by atoms with E-state index in [1.54, 1.807) is 4.90 Å². The fraction of sp³-hybridized carbons (Fsp3) is 0.500. The van der Waals surface area contributed by atoms with Crippen LogP contribution < -0.4 is 10.6 Å². The molecule has 0 aliphatic carbocycles. The van der Waals surface area contributed by atoms with E-state index in [-0.39, 0.29) is 6.09 Å². The number of carbonyl (C=O) groups excluding carboxylic acids is 1. The van der Waals surface area contributed by atoms with Crippen molar-refractivity contribution in [3.63, 3.8) is 0 Å². The number of fused-ring (bicyclic) bond motifs is 1. The molecule has 0 spiro atoms. The lowest BCUT2D eigenvalue weighted by molar-refractivity contribution is 0.0584. The average molecular weight is 248 g/mol. The molecule has 0 fully saturated rings. The molecule has 2 rings (SSSR count). The van der Waals surface area contributed by atoms with Crippen molar-refractivity contribution in [1.82, 2.24) is 0 Å². The third-order valence-electron chi connectivity index (χ3n) is 2.96. The molecule has 1 aliphatic rings. The average Bonchev–Trinajstić information content (AvgIpc) is 2.69. The Kier molecular flexibility index (Phi) is 3.30. The summed E-state index contributed by atoms with van der Waals surface area (Å²) < 4.78 is 5.41. The van der Waals surface area contributed by atoms with E-state index >= 15 is 0 Å². The van der Waals surface area contributed by atoms with E-state index < -0.39 is 5.60 Å². The SMILES string of the molecule is CC(C)(C)OC(=O)N1CCc2c(CN)cccc21. The lowest BCUT2D eigenvalue weighted by atomic mass is 10.1. The van der Waals surface area contributed by atoms with Crippen LogP contribution in [0.1, 0.15) is 31.9 Å². The Labute approximate surface area is 108 Å². The molecule has 0 unspecified atom stereocenters. The molecule has 1 aromatic carbocycles. The zero-order valence-corrected chi connectivity index (χ0v) is 11.2. The van der Waals surface area contributed by atoms with Gasteiger partial charge in [0.05, 0.1) is 5.69 Å². The highest BCUT2D eigenvalue weighted by Gasteiger charge is 2.29. The number of nitrogens with two attached hydrogens (primary N) is 1. The first-order valence-electron chi connectivity index (χ1n) is 6.24. The Morgan fingerprint density at radius 3 is 2.78 bits per heavy atom. The number of amides is 1. The molecule has 0 bridgehead atoms. The highest BCUT2D eigenvalue weighted by atomic mass is 16.6. The standard InChI is InChI=1S/C14H20N2O2/c1-14(2,3)18-13(17)16-8-7-11-10(9-15)5-4-6-12(11)16/h4-6H,7-9,15H2,1-3H3. The number of benzene rings is 1. The summed E-state index contributed by atoms with van der Waals surface area (Å²) in [7, 11) is 0. The lowest BCUT2D eigenvalue weighted by Crippen LogP contribution is -2.35. The molecule has 0 saturated carbocycles. The molecule has 4 heteroatoms. The monoisotopic (exact) mass is 248 g/mol. The van der Waals surface area contributed by atoms with Crippen molar-refractivity contribution in [3.05, 3.63) is 29.3 Å². The maximum absolute atomic E-state index is 12.1. The van der Waals surface area contributed by atoms with Gasteiger partial charge >= 0.3 is 6.09 Å². The van der Waals surface area contributed by atoms with Gasteiger partial charge in [-0.3, -0.25) is 4.90 Å². The number of anilines is 1. The van der Waals surface area contributed by atoms with Crippen LogP contribution in [-0.2, 0) is 17.7 Å². The Morgan fingerprint density at radius 2 is 2.17 bits per heavy atom. The van der Waals surface area contributed by atoms with E-state index in [4.69, 9.17) is 10.5 Å². The largest absolute Gasteiger partial charge is 0.443 e. The van der Waals surface area contributed by atoms with E-state index in [2.05, 4.69) is 0 Å². The predicted octanol–water partition coefficient (Wildman–Crippen LogP) is 2.44. The molecule has 1 amide bonds. The first kappa shape index (κ1) is 12.9. The minimum absolute atomic E-state index is 0.282. The molecule has 0 aromatic heterocycles. The van der Waals surface area contributed by atoms with Crippen LogP contribution >= 0.6 is 0 Å². The Balaban J connectivity index is 2.24. The quantitative estimate of drug-likeness (QED) is 0.830. The summed E-state index contributed by atoms with van der Waals surface area (Å²) in [6.07, 6.45) is 0.567. The maximum atomic E-state index is 12.1. The van der Waals surface area contributed by atoms with Gasteiger partial charge in [0.1, 0.15) is 5.60 Å². The highest BCUT2D eigenvalue weighted by molar-refractivity contribution is 5.90. The molecule has 98 valence electrons. The zero-order valence-electron chi connectivity index (χ0n) is 11.2. The van der Waals surface area contributed by atoms with Gasteiger partial charge in [-0.1, -0.05) is 12.1 Å². The van der Waals surface area contributed by atoms with E-state index in [1.807, 2.05) is 39.0 Å². The van der Waals surface area contributed by atoms with Crippen LogP contribution in [0.4, 0.5) is 10.5 Å². The lowest BCUT2D eigenvalue weighted by Gasteiger charge is -2.24. The summed E-state index contributed by atoms with van der Waals surface area (Å²) in [5, 5.41) is 0. The molecule has 1 aromatic rings. The second-order valence-electron chi connectivity index (χ2n) is 5.50. The smallest absolute Gasteiger partial charge is 0.414 e. The predicted molar refractivity (Wildman–Crippen MR) is 71.6 cm³/mol. The van der Waals surface area contributed by atoms with Crippen molar-refractivity contribution < 1.29 is 9.53 Å². The summed E-state index contributed by atoms with van der Waals surface area (Å²) >= 11 is 0. The van der Waals surface area contributed by atoms with Crippen molar-refractivity contribution in [2.24, 2.45) is 5.73 Å². The van der Waals surface area contributed by atoms with Gasteiger partial charge in [0.2, 0.25) is 0 Å². The number of hydrogen-bond acceptors (Lipinski definition) is 3. The molecular formula is C14H20N2O2. The normalized spacial score (nSPS) is 14.6. The summed E-state index contributed by atoms with van der Waals surface area (Å²) in [5.41, 5.74) is 8.46. The number of hydrogen-bond donors (Lipinski definition) is 1. The third-order valence-corrected chi connectivity index (χ3v) is 2.96. The minimum Gasteiger partial charge on any atom is -0.443 e. The molecule has 0 radical (unpaired) electrons. The highest BCUT2D eigenvalue weighted by Crippen LogP contribution is 2.31. The molecular weight excluding hydrogens is 228 g/mol. The first-order chi connectivity index (χ1) is 8.42. The number of nitrogens with zero attached hydrogens (tertiary/aromatic N) is 1. The molecule has 0 saturated heterocycles. The van der Waals surface area contributed by atoms with Crippen LogP contribution in [-0.4, -0.2) is 18.2 Å². The van der Waals surface area contributed by atoms with Crippen LogP contribution in [0.5, 0.6) is 0 Å². The first-order valence-corrected chi connectivity index (χ1v) is 6.24. The van der Waals surface area contributed by atoms with Crippen molar-refractivity contribution in [2.75, 3.05) is 11.4 Å². The van der Waals surface area contributed by atoms with Crippen molar-refractivity contribution in [3.8, 4) is 0 Å². The molecule has 1 aliphatic heterocycles. The summed E-state index contributed by atoms with van der Waals surface area (Å²) in [6.45, 7) is 6.79. The fourth-order valence-electron chi connectivity index (χ4n) is 2.20. The van der Waals surface area contributed by atoms with Crippen LogP contribution in [0, 0.1) is 0 Å². The van der Waals surface area contributed by atoms with Crippen LogP contribution in [0.3, 0.4) is 0 Å².